The molecule has 25 heavy (non-hydrogen) atoms. The molecular formula is C18H25NO5S. The molecule has 0 radical (unpaired) electrons. The number of aryl methyl sites for hydroxylation is 1. The van der Waals surface area contributed by atoms with E-state index < -0.39 is 11.9 Å². The van der Waals surface area contributed by atoms with Gasteiger partial charge in [-0.15, -0.1) is 11.3 Å². The van der Waals surface area contributed by atoms with Crippen molar-refractivity contribution in [1.29, 1.82) is 0 Å². The van der Waals surface area contributed by atoms with E-state index in [-0.39, 0.29) is 24.4 Å². The number of amides is 1. The highest BCUT2D eigenvalue weighted by atomic mass is 32.1. The molecule has 1 heterocycles. The third-order valence-electron chi connectivity index (χ3n) is 4.08. The molecular weight excluding hydrogens is 342 g/mol. The summed E-state index contributed by atoms with van der Waals surface area (Å²) in [7, 11) is 0. The van der Waals surface area contributed by atoms with Gasteiger partial charge in [-0.25, -0.2) is 4.79 Å². The maximum Gasteiger partial charge on any atom is 0.341 e. The summed E-state index contributed by atoms with van der Waals surface area (Å²) in [6, 6.07) is 0. The number of thiophene rings is 1. The van der Waals surface area contributed by atoms with Crippen LogP contribution in [0.3, 0.4) is 0 Å². The lowest BCUT2D eigenvalue weighted by Gasteiger charge is -2.22. The second-order valence-corrected chi connectivity index (χ2v) is 7.31. The van der Waals surface area contributed by atoms with Crippen LogP contribution in [0.1, 0.15) is 67.3 Å². The van der Waals surface area contributed by atoms with Crippen LogP contribution in [0.25, 0.3) is 0 Å². The number of hydrogen-bond acceptors (Lipinski definition) is 6. The van der Waals surface area contributed by atoms with Crippen molar-refractivity contribution in [3.63, 3.8) is 0 Å². The monoisotopic (exact) mass is 367 g/mol. The van der Waals surface area contributed by atoms with E-state index in [2.05, 4.69) is 5.32 Å². The third-order valence-corrected chi connectivity index (χ3v) is 5.26. The average molecular weight is 367 g/mol. The fraction of sp³-hybridized carbons (Fsp3) is 0.611. The van der Waals surface area contributed by atoms with Crippen LogP contribution in [0.15, 0.2) is 0 Å². The van der Waals surface area contributed by atoms with E-state index in [1.807, 2.05) is 0 Å². The Kier molecular flexibility index (Phi) is 6.58. The molecule has 1 aromatic heterocycles. The number of hydrogen-bond donors (Lipinski definition) is 1. The Morgan fingerprint density at radius 1 is 1.20 bits per heavy atom. The first-order chi connectivity index (χ1) is 11.9. The van der Waals surface area contributed by atoms with Crippen LogP contribution >= 0.6 is 11.3 Å². The van der Waals surface area contributed by atoms with Crippen LogP contribution in [-0.2, 0) is 25.5 Å². The average Bonchev–Trinajstić information content (AvgIpc) is 2.92. The highest BCUT2D eigenvalue weighted by Crippen LogP contribution is 2.44. The van der Waals surface area contributed by atoms with Crippen molar-refractivity contribution in [2.24, 2.45) is 5.92 Å². The van der Waals surface area contributed by atoms with Crippen molar-refractivity contribution in [1.82, 2.24) is 0 Å². The van der Waals surface area contributed by atoms with Gasteiger partial charge in [0.05, 0.1) is 24.7 Å². The molecule has 0 aliphatic heterocycles. The fourth-order valence-electron chi connectivity index (χ4n) is 2.89. The molecule has 2 rings (SSSR count). The van der Waals surface area contributed by atoms with Crippen LogP contribution in [-0.4, -0.2) is 31.1 Å². The minimum Gasteiger partial charge on any atom is -0.466 e. The van der Waals surface area contributed by atoms with Gasteiger partial charge in [0.25, 0.3) is 0 Å². The maximum absolute atomic E-state index is 12.6. The summed E-state index contributed by atoms with van der Waals surface area (Å²) in [6.07, 6.45) is 2.25. The van der Waals surface area contributed by atoms with E-state index in [1.165, 1.54) is 11.3 Å². The molecule has 1 atom stereocenters. The number of esters is 2. The molecule has 1 amide bonds. The lowest BCUT2D eigenvalue weighted by molar-refractivity contribution is -0.145. The molecule has 138 valence electrons. The molecule has 0 saturated heterocycles. The summed E-state index contributed by atoms with van der Waals surface area (Å²) in [4.78, 5) is 38.0. The van der Waals surface area contributed by atoms with E-state index in [1.54, 1.807) is 27.7 Å². The maximum atomic E-state index is 12.6. The first kappa shape index (κ1) is 19.4. The molecule has 0 fully saturated rings. The normalized spacial score (nSPS) is 16.3. The summed E-state index contributed by atoms with van der Waals surface area (Å²) in [6.45, 7) is 7.58. The molecule has 0 spiro atoms. The van der Waals surface area contributed by atoms with Crippen molar-refractivity contribution in [3.05, 3.63) is 16.0 Å². The van der Waals surface area contributed by atoms with Crippen LogP contribution in [0, 0.1) is 5.92 Å². The summed E-state index contributed by atoms with van der Waals surface area (Å²) in [5.74, 6) is -1.69. The second kappa shape index (κ2) is 8.47. The molecule has 0 bridgehead atoms. The van der Waals surface area contributed by atoms with E-state index in [4.69, 9.17) is 9.47 Å². The third kappa shape index (κ3) is 4.21. The van der Waals surface area contributed by atoms with Crippen molar-refractivity contribution in [2.75, 3.05) is 18.5 Å². The van der Waals surface area contributed by atoms with Gasteiger partial charge in [-0.3, -0.25) is 9.59 Å². The number of nitrogens with one attached hydrogen (secondary N) is 1. The molecule has 7 heteroatoms. The molecule has 1 aromatic rings. The Morgan fingerprint density at radius 2 is 1.88 bits per heavy atom. The van der Waals surface area contributed by atoms with Crippen molar-refractivity contribution < 1.29 is 23.9 Å². The molecule has 1 aliphatic rings. The zero-order chi connectivity index (χ0) is 18.6. The molecule has 1 unspecified atom stereocenters. The highest BCUT2D eigenvalue weighted by Gasteiger charge is 2.36. The van der Waals surface area contributed by atoms with Crippen LogP contribution in [0.5, 0.6) is 0 Å². The number of anilines is 1. The van der Waals surface area contributed by atoms with E-state index in [9.17, 15) is 14.4 Å². The summed E-state index contributed by atoms with van der Waals surface area (Å²) < 4.78 is 10.4. The zero-order valence-corrected chi connectivity index (χ0v) is 16.0. The molecule has 1 aliphatic carbocycles. The topological polar surface area (TPSA) is 81.7 Å². The van der Waals surface area contributed by atoms with E-state index in [0.29, 0.717) is 29.2 Å². The van der Waals surface area contributed by atoms with Gasteiger partial charge < -0.3 is 14.8 Å². The van der Waals surface area contributed by atoms with Gasteiger partial charge in [0.15, 0.2) is 0 Å². The zero-order valence-electron chi connectivity index (χ0n) is 15.1. The Bertz CT molecular complexity index is 665. The lowest BCUT2D eigenvalue weighted by atomic mass is 9.85. The van der Waals surface area contributed by atoms with Gasteiger partial charge in [-0.1, -0.05) is 13.8 Å². The van der Waals surface area contributed by atoms with Gasteiger partial charge >= 0.3 is 11.9 Å². The fourth-order valence-corrected chi connectivity index (χ4v) is 4.18. The van der Waals surface area contributed by atoms with Crippen LogP contribution in [0.2, 0.25) is 0 Å². The minimum absolute atomic E-state index is 0.170. The molecule has 6 nitrogen and oxygen atoms in total. The lowest BCUT2D eigenvalue weighted by Crippen LogP contribution is -2.23. The predicted molar refractivity (Wildman–Crippen MR) is 96.1 cm³/mol. The Morgan fingerprint density at radius 3 is 2.48 bits per heavy atom. The van der Waals surface area contributed by atoms with E-state index >= 15 is 0 Å². The highest BCUT2D eigenvalue weighted by molar-refractivity contribution is 7.17. The standard InChI is InChI=1S/C18H25NO5S/c1-5-23-17(21)11-8-7-9-12-13(11)14(18(22)24-6-2)16(25-12)19-15(20)10(3)4/h10-11H,5-9H2,1-4H3,(H,19,20). The quantitative estimate of drug-likeness (QED) is 0.778. The van der Waals surface area contributed by atoms with Gasteiger partial charge in [0, 0.05) is 10.8 Å². The summed E-state index contributed by atoms with van der Waals surface area (Å²) >= 11 is 1.36. The summed E-state index contributed by atoms with van der Waals surface area (Å²) in [5, 5.41) is 3.30. The van der Waals surface area contributed by atoms with Crippen LogP contribution < -0.4 is 5.32 Å². The summed E-state index contributed by atoms with van der Waals surface area (Å²) in [5.41, 5.74) is 0.987. The number of rotatable bonds is 6. The van der Waals surface area contributed by atoms with Crippen LogP contribution in [0.4, 0.5) is 5.00 Å². The Hall–Kier alpha value is -1.89. The SMILES string of the molecule is CCOC(=O)c1c(NC(=O)C(C)C)sc2c1C(C(=O)OCC)CCC2. The van der Waals surface area contributed by atoms with Crippen molar-refractivity contribution >= 4 is 34.2 Å². The second-order valence-electron chi connectivity index (χ2n) is 6.20. The minimum atomic E-state index is -0.504. The molecule has 0 saturated carbocycles. The Balaban J connectivity index is 2.50. The van der Waals surface area contributed by atoms with Gasteiger partial charge in [-0.05, 0) is 38.7 Å². The number of carbonyl (C=O) groups is 3. The molecule has 0 aromatic carbocycles. The Labute approximate surface area is 151 Å². The first-order valence-corrected chi connectivity index (χ1v) is 9.52. The van der Waals surface area contributed by atoms with Crippen molar-refractivity contribution in [3.8, 4) is 0 Å². The van der Waals surface area contributed by atoms with Crippen molar-refractivity contribution in [2.45, 2.75) is 52.9 Å². The first-order valence-electron chi connectivity index (χ1n) is 8.70. The number of carbonyl (C=O) groups excluding carboxylic acids is 3. The van der Waals surface area contributed by atoms with Gasteiger partial charge in [-0.2, -0.15) is 0 Å². The molecule has 1 N–H and O–H groups in total. The van der Waals surface area contributed by atoms with Gasteiger partial charge in [0.1, 0.15) is 5.00 Å². The number of ether oxygens (including phenoxy) is 2. The number of fused-ring (bicyclic) bond motifs is 1. The largest absolute Gasteiger partial charge is 0.466 e. The predicted octanol–water partition coefficient (Wildman–Crippen LogP) is 3.50. The van der Waals surface area contributed by atoms with Gasteiger partial charge in [0.2, 0.25) is 5.91 Å². The smallest absolute Gasteiger partial charge is 0.341 e. The van der Waals surface area contributed by atoms with E-state index in [0.717, 1.165) is 17.7 Å².